The largest absolute Gasteiger partial charge is 0.497 e. The average molecular weight is 471 g/mol. The summed E-state index contributed by atoms with van der Waals surface area (Å²) in [7, 11) is 5.40. The number of halogens is 1. The minimum atomic E-state index is 0. The lowest BCUT2D eigenvalue weighted by Gasteiger charge is -2.20. The van der Waals surface area contributed by atoms with E-state index in [-0.39, 0.29) is 24.0 Å². The van der Waals surface area contributed by atoms with Crippen molar-refractivity contribution in [2.75, 3.05) is 32.1 Å². The number of nitrogens with zero attached hydrogens (tertiary/aromatic N) is 5. The SMILES string of the molecule is CN=C(NCc1nncn1C)NC1CCN(c2cccc(OC)c2)C1.I. The highest BCUT2D eigenvalue weighted by Crippen LogP contribution is 2.24. The van der Waals surface area contributed by atoms with Gasteiger partial charge in [-0.25, -0.2) is 0 Å². The number of rotatable bonds is 5. The molecule has 1 atom stereocenters. The van der Waals surface area contributed by atoms with Crippen molar-refractivity contribution in [3.8, 4) is 5.75 Å². The van der Waals surface area contributed by atoms with Crippen LogP contribution in [-0.2, 0) is 13.6 Å². The first kappa shape index (κ1) is 20.3. The van der Waals surface area contributed by atoms with Crippen LogP contribution in [0.4, 0.5) is 5.69 Å². The summed E-state index contributed by atoms with van der Waals surface area (Å²) in [6.45, 7) is 2.52. The zero-order valence-electron chi connectivity index (χ0n) is 15.3. The number of nitrogens with one attached hydrogen (secondary N) is 2. The first-order valence-corrected chi connectivity index (χ1v) is 8.38. The van der Waals surface area contributed by atoms with Crippen molar-refractivity contribution in [2.24, 2.45) is 12.0 Å². The Bertz CT molecular complexity index is 733. The lowest BCUT2D eigenvalue weighted by molar-refractivity contribution is 0.415. The normalized spacial score (nSPS) is 17.0. The molecule has 0 aliphatic carbocycles. The van der Waals surface area contributed by atoms with Crippen LogP contribution in [0.15, 0.2) is 35.6 Å². The maximum absolute atomic E-state index is 5.32. The fourth-order valence-electron chi connectivity index (χ4n) is 2.94. The standard InChI is InChI=1S/C17H25N7O.HI/c1-18-17(19-10-16-22-20-12-23(16)2)21-13-7-8-24(11-13)14-5-4-6-15(9-14)25-3;/h4-6,9,12-13H,7-8,10-11H2,1-3H3,(H2,18,19,21);1H. The maximum atomic E-state index is 5.32. The predicted octanol–water partition coefficient (Wildman–Crippen LogP) is 1.39. The summed E-state index contributed by atoms with van der Waals surface area (Å²) < 4.78 is 7.21. The van der Waals surface area contributed by atoms with Gasteiger partial charge in [-0.3, -0.25) is 4.99 Å². The molecule has 9 heteroatoms. The molecule has 0 bridgehead atoms. The highest BCUT2D eigenvalue weighted by Gasteiger charge is 2.23. The first-order valence-electron chi connectivity index (χ1n) is 8.38. The molecule has 3 rings (SSSR count). The highest BCUT2D eigenvalue weighted by atomic mass is 127. The molecule has 1 fully saturated rings. The number of guanidine groups is 1. The lowest BCUT2D eigenvalue weighted by Crippen LogP contribution is -2.44. The van der Waals surface area contributed by atoms with Crippen LogP contribution in [0.5, 0.6) is 5.75 Å². The third kappa shape index (κ3) is 4.99. The van der Waals surface area contributed by atoms with E-state index in [4.69, 9.17) is 4.74 Å². The molecule has 26 heavy (non-hydrogen) atoms. The molecule has 8 nitrogen and oxygen atoms in total. The van der Waals surface area contributed by atoms with Gasteiger partial charge in [0.15, 0.2) is 11.8 Å². The van der Waals surface area contributed by atoms with Gasteiger partial charge in [0, 0.05) is 45.0 Å². The number of anilines is 1. The third-order valence-corrected chi connectivity index (χ3v) is 4.39. The second-order valence-electron chi connectivity index (χ2n) is 6.06. The zero-order valence-corrected chi connectivity index (χ0v) is 17.7. The van der Waals surface area contributed by atoms with Crippen molar-refractivity contribution >= 4 is 35.6 Å². The summed E-state index contributed by atoms with van der Waals surface area (Å²) in [6.07, 6.45) is 2.75. The molecule has 1 unspecified atom stereocenters. The van der Waals surface area contributed by atoms with Crippen LogP contribution in [0.3, 0.4) is 0 Å². The summed E-state index contributed by atoms with van der Waals surface area (Å²) in [5.41, 5.74) is 1.19. The van der Waals surface area contributed by atoms with E-state index in [0.717, 1.165) is 37.0 Å². The number of hydrogen-bond donors (Lipinski definition) is 2. The van der Waals surface area contributed by atoms with Crippen molar-refractivity contribution < 1.29 is 4.74 Å². The summed E-state index contributed by atoms with van der Waals surface area (Å²) >= 11 is 0. The molecular weight excluding hydrogens is 445 g/mol. The molecule has 0 amide bonds. The van der Waals surface area contributed by atoms with Gasteiger partial charge in [0.1, 0.15) is 12.1 Å². The Kier molecular flexibility index (Phi) is 7.49. The molecule has 2 N–H and O–H groups in total. The Balaban J connectivity index is 0.00000243. The Morgan fingerprint density at radius 2 is 2.27 bits per heavy atom. The van der Waals surface area contributed by atoms with Crippen LogP contribution < -0.4 is 20.3 Å². The predicted molar refractivity (Wildman–Crippen MR) is 113 cm³/mol. The molecule has 1 aliphatic heterocycles. The number of ether oxygens (including phenoxy) is 1. The minimum Gasteiger partial charge on any atom is -0.497 e. The second kappa shape index (κ2) is 9.60. The maximum Gasteiger partial charge on any atom is 0.191 e. The molecular formula is C17H26IN7O. The number of aliphatic imine (C=N–C) groups is 1. The summed E-state index contributed by atoms with van der Waals surface area (Å²) in [5, 5.41) is 14.7. The minimum absolute atomic E-state index is 0. The topological polar surface area (TPSA) is 79.6 Å². The van der Waals surface area contributed by atoms with E-state index < -0.39 is 0 Å². The third-order valence-electron chi connectivity index (χ3n) is 4.39. The molecule has 1 aromatic carbocycles. The van der Waals surface area contributed by atoms with Crippen molar-refractivity contribution in [2.45, 2.75) is 19.0 Å². The number of benzene rings is 1. The number of aromatic nitrogens is 3. The van der Waals surface area contributed by atoms with Crippen LogP contribution in [0.1, 0.15) is 12.2 Å². The average Bonchev–Trinajstić information content (AvgIpc) is 3.27. The van der Waals surface area contributed by atoms with E-state index in [9.17, 15) is 0 Å². The Morgan fingerprint density at radius 3 is 2.96 bits per heavy atom. The van der Waals surface area contributed by atoms with Gasteiger partial charge in [-0.15, -0.1) is 34.2 Å². The summed E-state index contributed by atoms with van der Waals surface area (Å²) in [6, 6.07) is 8.52. The van der Waals surface area contributed by atoms with Crippen molar-refractivity contribution in [1.82, 2.24) is 25.4 Å². The van der Waals surface area contributed by atoms with Crippen LogP contribution in [0.2, 0.25) is 0 Å². The number of methoxy groups -OCH3 is 1. The van der Waals surface area contributed by atoms with Crippen LogP contribution >= 0.6 is 24.0 Å². The van der Waals surface area contributed by atoms with Crippen molar-refractivity contribution in [3.05, 3.63) is 36.4 Å². The van der Waals surface area contributed by atoms with Gasteiger partial charge >= 0.3 is 0 Å². The monoisotopic (exact) mass is 471 g/mol. The van der Waals surface area contributed by atoms with E-state index >= 15 is 0 Å². The second-order valence-corrected chi connectivity index (χ2v) is 6.06. The summed E-state index contributed by atoms with van der Waals surface area (Å²) in [5.74, 6) is 2.53. The van der Waals surface area contributed by atoms with E-state index in [0.29, 0.717) is 12.6 Å². The van der Waals surface area contributed by atoms with Gasteiger partial charge in [-0.05, 0) is 18.6 Å². The smallest absolute Gasteiger partial charge is 0.191 e. The van der Waals surface area contributed by atoms with Gasteiger partial charge in [-0.1, -0.05) is 6.07 Å². The fraction of sp³-hybridized carbons (Fsp3) is 0.471. The summed E-state index contributed by atoms with van der Waals surface area (Å²) in [4.78, 5) is 6.66. The van der Waals surface area contributed by atoms with Crippen molar-refractivity contribution in [1.29, 1.82) is 0 Å². The molecule has 0 spiro atoms. The number of hydrogen-bond acceptors (Lipinski definition) is 5. The molecule has 142 valence electrons. The van der Waals surface area contributed by atoms with Crippen LogP contribution in [0, 0.1) is 0 Å². The van der Waals surface area contributed by atoms with Gasteiger partial charge in [0.05, 0.1) is 13.7 Å². The van der Waals surface area contributed by atoms with Gasteiger partial charge in [0.2, 0.25) is 0 Å². The van der Waals surface area contributed by atoms with Crippen LogP contribution in [-0.4, -0.2) is 54.0 Å². The van der Waals surface area contributed by atoms with Crippen molar-refractivity contribution in [3.63, 3.8) is 0 Å². The Labute approximate surface area is 171 Å². The molecule has 0 radical (unpaired) electrons. The highest BCUT2D eigenvalue weighted by molar-refractivity contribution is 14.0. The zero-order chi connectivity index (χ0) is 17.6. The quantitative estimate of drug-likeness (QED) is 0.390. The fourth-order valence-corrected chi connectivity index (χ4v) is 2.94. The first-order chi connectivity index (χ1) is 12.2. The molecule has 2 heterocycles. The molecule has 1 aliphatic rings. The lowest BCUT2D eigenvalue weighted by atomic mass is 10.2. The molecule has 1 aromatic heterocycles. The van der Waals surface area contributed by atoms with E-state index in [1.54, 1.807) is 20.5 Å². The van der Waals surface area contributed by atoms with Gasteiger partial charge < -0.3 is 24.8 Å². The van der Waals surface area contributed by atoms with E-state index in [1.807, 2.05) is 23.7 Å². The van der Waals surface area contributed by atoms with E-state index in [2.05, 4.69) is 42.9 Å². The molecule has 0 saturated carbocycles. The Hall–Kier alpha value is -2.04. The molecule has 1 saturated heterocycles. The van der Waals surface area contributed by atoms with E-state index in [1.165, 1.54) is 5.69 Å². The molecule has 2 aromatic rings. The number of aryl methyl sites for hydroxylation is 1. The Morgan fingerprint density at radius 1 is 1.42 bits per heavy atom. The van der Waals surface area contributed by atoms with Gasteiger partial charge in [-0.2, -0.15) is 0 Å². The van der Waals surface area contributed by atoms with Gasteiger partial charge in [0.25, 0.3) is 0 Å². The van der Waals surface area contributed by atoms with Crippen LogP contribution in [0.25, 0.3) is 0 Å².